The van der Waals surface area contributed by atoms with Crippen LogP contribution in [-0.2, 0) is 6.18 Å². The fourth-order valence-electron chi connectivity index (χ4n) is 2.75. The van der Waals surface area contributed by atoms with E-state index in [1.807, 2.05) is 11.8 Å². The molecule has 3 heterocycles. The van der Waals surface area contributed by atoms with Gasteiger partial charge in [-0.15, -0.1) is 0 Å². The third-order valence-corrected chi connectivity index (χ3v) is 5.56. The van der Waals surface area contributed by atoms with Crippen molar-refractivity contribution in [3.05, 3.63) is 27.9 Å². The van der Waals surface area contributed by atoms with Crippen molar-refractivity contribution in [2.45, 2.75) is 32.0 Å². The summed E-state index contributed by atoms with van der Waals surface area (Å²) in [6.45, 7) is 3.39. The van der Waals surface area contributed by atoms with Crippen molar-refractivity contribution in [2.24, 2.45) is 5.92 Å². The zero-order valence-electron chi connectivity index (χ0n) is 13.3. The van der Waals surface area contributed by atoms with Gasteiger partial charge in [-0.05, 0) is 41.6 Å². The summed E-state index contributed by atoms with van der Waals surface area (Å²) in [5.74, 6) is 0.692. The van der Waals surface area contributed by atoms with Crippen LogP contribution in [0.2, 0.25) is 0 Å². The van der Waals surface area contributed by atoms with Crippen LogP contribution in [0.4, 0.5) is 19.1 Å². The molecule has 25 heavy (non-hydrogen) atoms. The second-order valence-electron chi connectivity index (χ2n) is 5.85. The average Bonchev–Trinajstić information content (AvgIpc) is 2.99. The van der Waals surface area contributed by atoms with Crippen LogP contribution in [0.1, 0.15) is 25.3 Å². The molecule has 1 fully saturated rings. The van der Waals surface area contributed by atoms with Crippen molar-refractivity contribution in [1.82, 2.24) is 15.0 Å². The van der Waals surface area contributed by atoms with Gasteiger partial charge in [0.1, 0.15) is 6.10 Å². The van der Waals surface area contributed by atoms with Crippen LogP contribution >= 0.6 is 27.3 Å². The Labute approximate surface area is 155 Å². The Morgan fingerprint density at radius 1 is 1.20 bits per heavy atom. The molecule has 0 aliphatic carbocycles. The monoisotopic (exact) mass is 436 g/mol. The summed E-state index contributed by atoms with van der Waals surface area (Å²) in [6.07, 6.45) is 0.700. The Morgan fingerprint density at radius 2 is 1.84 bits per heavy atom. The Morgan fingerprint density at radius 3 is 2.36 bits per heavy atom. The van der Waals surface area contributed by atoms with E-state index in [1.54, 1.807) is 6.20 Å². The second kappa shape index (κ2) is 7.45. The normalized spacial score (nSPS) is 17.6. The maximum Gasteiger partial charge on any atom is 0.419 e. The van der Waals surface area contributed by atoms with E-state index in [2.05, 4.69) is 30.9 Å². The molecule has 0 bridgehead atoms. The lowest BCUT2D eigenvalue weighted by Gasteiger charge is -2.34. The van der Waals surface area contributed by atoms with Crippen LogP contribution in [0, 0.1) is 5.92 Å². The van der Waals surface area contributed by atoms with Gasteiger partial charge in [-0.25, -0.2) is 15.0 Å². The molecule has 10 heteroatoms. The predicted molar refractivity (Wildman–Crippen MR) is 91.9 cm³/mol. The number of hydrogen-bond donors (Lipinski definition) is 0. The first kappa shape index (κ1) is 18.4. The van der Waals surface area contributed by atoms with Crippen molar-refractivity contribution in [2.75, 3.05) is 18.0 Å². The van der Waals surface area contributed by atoms with E-state index in [0.29, 0.717) is 30.1 Å². The van der Waals surface area contributed by atoms with E-state index in [-0.39, 0.29) is 6.10 Å². The minimum atomic E-state index is -4.41. The van der Waals surface area contributed by atoms with E-state index in [9.17, 15) is 13.2 Å². The molecule has 2 aromatic heterocycles. The average molecular weight is 437 g/mol. The molecule has 1 aliphatic heterocycles. The number of rotatable bonds is 4. The Bertz CT molecular complexity index is 702. The SMILES string of the molecule is C[C@H](Oc1ncc(Br)s1)C1CCN(c2ncc(C(F)(F)F)cn2)CC1. The van der Waals surface area contributed by atoms with Gasteiger partial charge in [-0.3, -0.25) is 0 Å². The fraction of sp³-hybridized carbons (Fsp3) is 0.533. The summed E-state index contributed by atoms with van der Waals surface area (Å²) in [6, 6.07) is 0. The second-order valence-corrected chi connectivity index (χ2v) is 8.22. The van der Waals surface area contributed by atoms with E-state index in [0.717, 1.165) is 29.0 Å². The lowest BCUT2D eigenvalue weighted by molar-refractivity contribution is -0.138. The van der Waals surface area contributed by atoms with E-state index in [1.165, 1.54) is 11.3 Å². The smallest absolute Gasteiger partial charge is 0.419 e. The van der Waals surface area contributed by atoms with Gasteiger partial charge < -0.3 is 9.64 Å². The molecular formula is C15H16BrF3N4OS. The summed E-state index contributed by atoms with van der Waals surface area (Å²) in [4.78, 5) is 13.8. The number of halogens is 4. The number of hydrogen-bond acceptors (Lipinski definition) is 6. The first-order chi connectivity index (χ1) is 11.8. The maximum atomic E-state index is 12.6. The molecular weight excluding hydrogens is 421 g/mol. The third kappa shape index (κ3) is 4.60. The molecule has 136 valence electrons. The Balaban J connectivity index is 1.54. The number of thiazole rings is 1. The Kier molecular flexibility index (Phi) is 5.47. The predicted octanol–water partition coefficient (Wildman–Crippen LogP) is 4.40. The molecule has 0 aromatic carbocycles. The number of ether oxygens (including phenoxy) is 1. The molecule has 0 N–H and O–H groups in total. The van der Waals surface area contributed by atoms with Gasteiger partial charge >= 0.3 is 6.18 Å². The van der Waals surface area contributed by atoms with Crippen LogP contribution in [-0.4, -0.2) is 34.1 Å². The Hall–Kier alpha value is -1.42. The van der Waals surface area contributed by atoms with E-state index in [4.69, 9.17) is 4.74 Å². The summed E-state index contributed by atoms with van der Waals surface area (Å²) in [5.41, 5.74) is -0.831. The largest absolute Gasteiger partial charge is 0.467 e. The summed E-state index contributed by atoms with van der Waals surface area (Å²) in [7, 11) is 0. The topological polar surface area (TPSA) is 51.1 Å². The van der Waals surface area contributed by atoms with Gasteiger partial charge in [-0.2, -0.15) is 13.2 Å². The standard InChI is InChI=1S/C15H16BrF3N4OS/c1-9(24-14-22-8-12(16)25-14)10-2-4-23(5-3-10)13-20-6-11(7-21-13)15(17,18)19/h6-10H,2-5H2,1H3/t9-/m0/s1. The fourth-order valence-corrected chi connectivity index (χ4v) is 3.84. The van der Waals surface area contributed by atoms with Gasteiger partial charge in [0, 0.05) is 25.5 Å². The summed E-state index contributed by atoms with van der Waals surface area (Å²) in [5, 5.41) is 0.632. The quantitative estimate of drug-likeness (QED) is 0.710. The highest BCUT2D eigenvalue weighted by Gasteiger charge is 2.32. The highest BCUT2D eigenvalue weighted by molar-refractivity contribution is 9.11. The number of anilines is 1. The van der Waals surface area contributed by atoms with Crippen LogP contribution in [0.15, 0.2) is 22.4 Å². The molecule has 5 nitrogen and oxygen atoms in total. The van der Waals surface area contributed by atoms with Gasteiger partial charge in [0.25, 0.3) is 5.19 Å². The van der Waals surface area contributed by atoms with Crippen molar-refractivity contribution in [3.8, 4) is 5.19 Å². The molecule has 1 atom stereocenters. The van der Waals surface area contributed by atoms with Gasteiger partial charge in [-0.1, -0.05) is 11.3 Å². The minimum absolute atomic E-state index is 0.0220. The first-order valence-electron chi connectivity index (χ1n) is 7.75. The zero-order chi connectivity index (χ0) is 18.0. The minimum Gasteiger partial charge on any atom is -0.467 e. The first-order valence-corrected chi connectivity index (χ1v) is 9.36. The summed E-state index contributed by atoms with van der Waals surface area (Å²) >= 11 is 4.80. The van der Waals surface area contributed by atoms with Crippen molar-refractivity contribution in [1.29, 1.82) is 0 Å². The molecule has 1 aliphatic rings. The highest BCUT2D eigenvalue weighted by Crippen LogP contribution is 2.31. The molecule has 0 radical (unpaired) electrons. The zero-order valence-corrected chi connectivity index (χ0v) is 15.7. The molecule has 0 spiro atoms. The summed E-state index contributed by atoms with van der Waals surface area (Å²) < 4.78 is 44.5. The molecule has 0 unspecified atom stereocenters. The molecule has 0 saturated carbocycles. The van der Waals surface area contributed by atoms with Gasteiger partial charge in [0.05, 0.1) is 15.5 Å². The van der Waals surface area contributed by atoms with Crippen molar-refractivity contribution >= 4 is 33.2 Å². The molecule has 1 saturated heterocycles. The third-order valence-electron chi connectivity index (χ3n) is 4.19. The lowest BCUT2D eigenvalue weighted by atomic mass is 9.92. The number of piperidine rings is 1. The number of alkyl halides is 3. The van der Waals surface area contributed by atoms with E-state index < -0.39 is 11.7 Å². The van der Waals surface area contributed by atoms with E-state index >= 15 is 0 Å². The van der Waals surface area contributed by atoms with Gasteiger partial charge in [0.15, 0.2) is 0 Å². The molecule has 0 amide bonds. The van der Waals surface area contributed by atoms with Crippen molar-refractivity contribution in [3.63, 3.8) is 0 Å². The molecule has 3 rings (SSSR count). The van der Waals surface area contributed by atoms with Crippen LogP contribution in [0.25, 0.3) is 0 Å². The molecule has 2 aromatic rings. The van der Waals surface area contributed by atoms with Crippen LogP contribution in [0.5, 0.6) is 5.19 Å². The van der Waals surface area contributed by atoms with Gasteiger partial charge in [0.2, 0.25) is 5.95 Å². The highest BCUT2D eigenvalue weighted by atomic mass is 79.9. The number of aromatic nitrogens is 3. The van der Waals surface area contributed by atoms with Crippen LogP contribution in [0.3, 0.4) is 0 Å². The maximum absolute atomic E-state index is 12.6. The lowest BCUT2D eigenvalue weighted by Crippen LogP contribution is -2.39. The number of nitrogens with zero attached hydrogens (tertiary/aromatic N) is 4. The van der Waals surface area contributed by atoms with Crippen LogP contribution < -0.4 is 9.64 Å². The van der Waals surface area contributed by atoms with Crippen molar-refractivity contribution < 1.29 is 17.9 Å².